The Morgan fingerprint density at radius 1 is 1.35 bits per heavy atom. The highest BCUT2D eigenvalue weighted by Crippen LogP contribution is 2.18. The van der Waals surface area contributed by atoms with Gasteiger partial charge in [0.25, 0.3) is 0 Å². The fraction of sp³-hybridized carbons (Fsp3) is 0.444. The third-order valence-electron chi connectivity index (χ3n) is 3.89. The zero-order valence-corrected chi connectivity index (χ0v) is 14.2. The van der Waals surface area contributed by atoms with Crippen molar-refractivity contribution in [3.05, 3.63) is 53.9 Å². The van der Waals surface area contributed by atoms with Gasteiger partial charge in [0.15, 0.2) is 0 Å². The zero-order chi connectivity index (χ0) is 16.7. The summed E-state index contributed by atoms with van der Waals surface area (Å²) >= 11 is 0. The van der Waals surface area contributed by atoms with E-state index in [0.29, 0.717) is 13.0 Å². The molecular weight excluding hydrogens is 288 g/mol. The summed E-state index contributed by atoms with van der Waals surface area (Å²) in [6.45, 7) is 3.48. The Balaban J connectivity index is 1.80. The SMILES string of the molecule is Cc1cccc(C(CNC(=O)CCCn2cccn2)N(C)C)c1. The Morgan fingerprint density at radius 3 is 2.83 bits per heavy atom. The molecule has 0 aliphatic carbocycles. The summed E-state index contributed by atoms with van der Waals surface area (Å²) in [7, 11) is 4.08. The molecule has 23 heavy (non-hydrogen) atoms. The van der Waals surface area contributed by atoms with Crippen molar-refractivity contribution in [2.24, 2.45) is 0 Å². The van der Waals surface area contributed by atoms with E-state index in [-0.39, 0.29) is 11.9 Å². The number of rotatable bonds is 8. The first-order valence-electron chi connectivity index (χ1n) is 8.03. The molecule has 2 rings (SSSR count). The predicted molar refractivity (Wildman–Crippen MR) is 92.1 cm³/mol. The number of hydrogen-bond acceptors (Lipinski definition) is 3. The summed E-state index contributed by atoms with van der Waals surface area (Å²) in [6.07, 6.45) is 4.99. The standard InChI is InChI=1S/C18H26N4O/c1-15-7-4-8-16(13-15)17(21(2)3)14-19-18(23)9-5-11-22-12-6-10-20-22/h4,6-8,10,12-13,17H,5,9,11,14H2,1-3H3,(H,19,23). The number of aromatic nitrogens is 2. The number of amides is 1. The minimum atomic E-state index is 0.0941. The summed E-state index contributed by atoms with van der Waals surface area (Å²) in [6, 6.07) is 10.5. The number of nitrogens with one attached hydrogen (secondary N) is 1. The summed E-state index contributed by atoms with van der Waals surface area (Å²) in [4.78, 5) is 14.2. The third kappa shape index (κ3) is 5.53. The van der Waals surface area contributed by atoms with E-state index in [1.807, 2.05) is 31.0 Å². The minimum Gasteiger partial charge on any atom is -0.354 e. The molecule has 0 aliphatic heterocycles. The van der Waals surface area contributed by atoms with Crippen LogP contribution in [0.25, 0.3) is 0 Å². The van der Waals surface area contributed by atoms with Crippen LogP contribution in [0.2, 0.25) is 0 Å². The number of likely N-dealkylation sites (N-methyl/N-ethyl adjacent to an activating group) is 1. The van der Waals surface area contributed by atoms with Crippen molar-refractivity contribution in [2.45, 2.75) is 32.4 Å². The highest BCUT2D eigenvalue weighted by Gasteiger charge is 2.15. The number of aryl methyl sites for hydroxylation is 2. The van der Waals surface area contributed by atoms with Crippen LogP contribution in [0.1, 0.15) is 30.0 Å². The van der Waals surface area contributed by atoms with Crippen LogP contribution in [-0.4, -0.2) is 41.2 Å². The fourth-order valence-corrected chi connectivity index (χ4v) is 2.61. The van der Waals surface area contributed by atoms with Gasteiger partial charge in [-0.2, -0.15) is 5.10 Å². The summed E-state index contributed by atoms with van der Waals surface area (Å²) in [5.74, 6) is 0.0941. The molecule has 2 aromatic rings. The van der Waals surface area contributed by atoms with Crippen molar-refractivity contribution < 1.29 is 4.79 Å². The van der Waals surface area contributed by atoms with Crippen molar-refractivity contribution in [3.8, 4) is 0 Å². The third-order valence-corrected chi connectivity index (χ3v) is 3.89. The molecule has 1 N–H and O–H groups in total. The van der Waals surface area contributed by atoms with Gasteiger partial charge in [0.05, 0.1) is 6.04 Å². The van der Waals surface area contributed by atoms with Gasteiger partial charge >= 0.3 is 0 Å². The van der Waals surface area contributed by atoms with E-state index in [1.54, 1.807) is 6.20 Å². The minimum absolute atomic E-state index is 0.0941. The lowest BCUT2D eigenvalue weighted by molar-refractivity contribution is -0.121. The maximum absolute atomic E-state index is 12.0. The van der Waals surface area contributed by atoms with Gasteiger partial charge in [-0.3, -0.25) is 9.48 Å². The first-order valence-corrected chi connectivity index (χ1v) is 8.03. The molecule has 0 spiro atoms. The molecule has 0 bridgehead atoms. The fourth-order valence-electron chi connectivity index (χ4n) is 2.61. The molecule has 1 unspecified atom stereocenters. The van der Waals surface area contributed by atoms with Crippen LogP contribution in [-0.2, 0) is 11.3 Å². The van der Waals surface area contributed by atoms with E-state index >= 15 is 0 Å². The molecule has 1 aromatic carbocycles. The van der Waals surface area contributed by atoms with E-state index in [9.17, 15) is 4.79 Å². The summed E-state index contributed by atoms with van der Waals surface area (Å²) in [5, 5.41) is 7.19. The summed E-state index contributed by atoms with van der Waals surface area (Å²) in [5.41, 5.74) is 2.46. The Hall–Kier alpha value is -2.14. The predicted octanol–water partition coefficient (Wildman–Crippen LogP) is 2.39. The monoisotopic (exact) mass is 314 g/mol. The maximum atomic E-state index is 12.0. The molecule has 1 aromatic heterocycles. The van der Waals surface area contributed by atoms with Crippen LogP contribution in [0, 0.1) is 6.92 Å². The first kappa shape index (κ1) is 17.2. The molecule has 0 radical (unpaired) electrons. The molecule has 1 atom stereocenters. The van der Waals surface area contributed by atoms with E-state index in [4.69, 9.17) is 0 Å². The first-order chi connectivity index (χ1) is 11.1. The van der Waals surface area contributed by atoms with Gasteiger partial charge in [0.1, 0.15) is 0 Å². The van der Waals surface area contributed by atoms with Crippen molar-refractivity contribution in [1.29, 1.82) is 0 Å². The van der Waals surface area contributed by atoms with Crippen molar-refractivity contribution in [2.75, 3.05) is 20.6 Å². The molecule has 5 heteroatoms. The number of carbonyl (C=O) groups excluding carboxylic acids is 1. The number of nitrogens with zero attached hydrogens (tertiary/aromatic N) is 3. The average Bonchev–Trinajstić information content (AvgIpc) is 3.00. The lowest BCUT2D eigenvalue weighted by Gasteiger charge is -2.25. The van der Waals surface area contributed by atoms with Crippen molar-refractivity contribution in [1.82, 2.24) is 20.0 Å². The molecule has 1 heterocycles. The van der Waals surface area contributed by atoms with Crippen LogP contribution in [0.4, 0.5) is 0 Å². The van der Waals surface area contributed by atoms with Gasteiger partial charge in [-0.05, 0) is 39.1 Å². The van der Waals surface area contributed by atoms with Crippen LogP contribution in [0.5, 0.6) is 0 Å². The topological polar surface area (TPSA) is 50.2 Å². The molecule has 0 fully saturated rings. The lowest BCUT2D eigenvalue weighted by Crippen LogP contribution is -2.34. The molecule has 0 aliphatic rings. The zero-order valence-electron chi connectivity index (χ0n) is 14.2. The van der Waals surface area contributed by atoms with Crippen LogP contribution < -0.4 is 5.32 Å². The van der Waals surface area contributed by atoms with Gasteiger partial charge in [0.2, 0.25) is 5.91 Å². The summed E-state index contributed by atoms with van der Waals surface area (Å²) < 4.78 is 1.85. The highest BCUT2D eigenvalue weighted by atomic mass is 16.1. The molecular formula is C18H26N4O. The lowest BCUT2D eigenvalue weighted by atomic mass is 10.0. The second-order valence-electron chi connectivity index (χ2n) is 6.07. The van der Waals surface area contributed by atoms with E-state index in [2.05, 4.69) is 46.5 Å². The molecule has 1 amide bonds. The smallest absolute Gasteiger partial charge is 0.220 e. The highest BCUT2D eigenvalue weighted by molar-refractivity contribution is 5.75. The van der Waals surface area contributed by atoms with E-state index in [0.717, 1.165) is 13.0 Å². The van der Waals surface area contributed by atoms with Crippen LogP contribution in [0.15, 0.2) is 42.7 Å². The van der Waals surface area contributed by atoms with Gasteiger partial charge in [-0.25, -0.2) is 0 Å². The molecule has 0 saturated heterocycles. The maximum Gasteiger partial charge on any atom is 0.220 e. The van der Waals surface area contributed by atoms with Gasteiger partial charge in [-0.15, -0.1) is 0 Å². The number of carbonyl (C=O) groups is 1. The van der Waals surface area contributed by atoms with Crippen molar-refractivity contribution in [3.63, 3.8) is 0 Å². The van der Waals surface area contributed by atoms with Crippen LogP contribution >= 0.6 is 0 Å². The average molecular weight is 314 g/mol. The molecule has 0 saturated carbocycles. The second-order valence-corrected chi connectivity index (χ2v) is 6.07. The van der Waals surface area contributed by atoms with Crippen molar-refractivity contribution >= 4 is 5.91 Å². The Bertz CT molecular complexity index is 607. The Morgan fingerprint density at radius 2 is 2.17 bits per heavy atom. The second kappa shape index (κ2) is 8.48. The van der Waals surface area contributed by atoms with E-state index < -0.39 is 0 Å². The largest absolute Gasteiger partial charge is 0.354 e. The van der Waals surface area contributed by atoms with Gasteiger partial charge < -0.3 is 10.2 Å². The van der Waals surface area contributed by atoms with Crippen LogP contribution in [0.3, 0.4) is 0 Å². The molecule has 124 valence electrons. The van der Waals surface area contributed by atoms with Gasteiger partial charge in [0, 0.05) is 31.9 Å². The normalized spacial score (nSPS) is 12.3. The van der Waals surface area contributed by atoms with Gasteiger partial charge in [-0.1, -0.05) is 29.8 Å². The number of benzene rings is 1. The molecule has 5 nitrogen and oxygen atoms in total. The quantitative estimate of drug-likeness (QED) is 0.814. The number of hydrogen-bond donors (Lipinski definition) is 1. The Labute approximate surface area is 138 Å². The van der Waals surface area contributed by atoms with E-state index in [1.165, 1.54) is 11.1 Å². The Kier molecular flexibility index (Phi) is 6.35.